The van der Waals surface area contributed by atoms with Crippen molar-refractivity contribution in [1.29, 1.82) is 0 Å². The zero-order valence-electron chi connectivity index (χ0n) is 13.7. The summed E-state index contributed by atoms with van der Waals surface area (Å²) in [5.41, 5.74) is 0.959. The maximum Gasteiger partial charge on any atom is 0.229 e. The smallest absolute Gasteiger partial charge is 0.229 e. The Morgan fingerprint density at radius 1 is 1.43 bits per heavy atom. The molecule has 0 saturated carbocycles. The van der Waals surface area contributed by atoms with Crippen molar-refractivity contribution in [2.24, 2.45) is 0 Å². The SMILES string of the molecule is CCCN(c1nc(C)cc(OC(C)C)n1)C1CCCNC1. The van der Waals surface area contributed by atoms with Gasteiger partial charge >= 0.3 is 0 Å². The predicted molar refractivity (Wildman–Crippen MR) is 86.1 cm³/mol. The van der Waals surface area contributed by atoms with Crippen molar-refractivity contribution in [2.45, 2.75) is 59.1 Å². The first kappa shape index (κ1) is 16.0. The molecule has 118 valence electrons. The Morgan fingerprint density at radius 2 is 2.24 bits per heavy atom. The molecular formula is C16H28N4O. The molecule has 0 amide bonds. The van der Waals surface area contributed by atoms with E-state index < -0.39 is 0 Å². The van der Waals surface area contributed by atoms with E-state index in [9.17, 15) is 0 Å². The van der Waals surface area contributed by atoms with E-state index in [0.29, 0.717) is 11.9 Å². The molecule has 1 N–H and O–H groups in total. The van der Waals surface area contributed by atoms with Gasteiger partial charge in [0.2, 0.25) is 11.8 Å². The maximum absolute atomic E-state index is 5.76. The minimum Gasteiger partial charge on any atom is -0.475 e. The molecule has 1 fully saturated rings. The van der Waals surface area contributed by atoms with Crippen LogP contribution in [0.25, 0.3) is 0 Å². The quantitative estimate of drug-likeness (QED) is 0.873. The monoisotopic (exact) mass is 292 g/mol. The van der Waals surface area contributed by atoms with Gasteiger partial charge in [0.25, 0.3) is 0 Å². The zero-order chi connectivity index (χ0) is 15.2. The second-order valence-corrected chi connectivity index (χ2v) is 6.01. The Balaban J connectivity index is 2.23. The third kappa shape index (κ3) is 4.56. The summed E-state index contributed by atoms with van der Waals surface area (Å²) < 4.78 is 5.76. The molecule has 1 aromatic rings. The number of aryl methyl sites for hydroxylation is 1. The van der Waals surface area contributed by atoms with Crippen molar-refractivity contribution < 1.29 is 4.74 Å². The highest BCUT2D eigenvalue weighted by Gasteiger charge is 2.23. The van der Waals surface area contributed by atoms with Crippen molar-refractivity contribution in [3.05, 3.63) is 11.8 Å². The summed E-state index contributed by atoms with van der Waals surface area (Å²) in [5.74, 6) is 1.48. The first-order valence-corrected chi connectivity index (χ1v) is 8.10. The van der Waals surface area contributed by atoms with Gasteiger partial charge in [-0.05, 0) is 46.6 Å². The molecule has 0 radical (unpaired) electrons. The van der Waals surface area contributed by atoms with Crippen LogP contribution in [0.5, 0.6) is 5.88 Å². The Morgan fingerprint density at radius 3 is 2.86 bits per heavy atom. The molecular weight excluding hydrogens is 264 g/mol. The molecule has 5 nitrogen and oxygen atoms in total. The number of hydrogen-bond acceptors (Lipinski definition) is 5. The Hall–Kier alpha value is -1.36. The lowest BCUT2D eigenvalue weighted by molar-refractivity contribution is 0.232. The first-order valence-electron chi connectivity index (χ1n) is 8.10. The predicted octanol–water partition coefficient (Wildman–Crippen LogP) is 2.54. The zero-order valence-corrected chi connectivity index (χ0v) is 13.7. The molecule has 5 heteroatoms. The van der Waals surface area contributed by atoms with Crippen LogP contribution in [0.1, 0.15) is 45.7 Å². The lowest BCUT2D eigenvalue weighted by atomic mass is 10.1. The summed E-state index contributed by atoms with van der Waals surface area (Å²) in [6, 6.07) is 2.39. The van der Waals surface area contributed by atoms with Gasteiger partial charge < -0.3 is 15.0 Å². The third-order valence-electron chi connectivity index (χ3n) is 3.61. The number of ether oxygens (including phenoxy) is 1. The molecule has 0 bridgehead atoms. The van der Waals surface area contributed by atoms with Gasteiger partial charge in [0.15, 0.2) is 0 Å². The number of nitrogens with zero attached hydrogens (tertiary/aromatic N) is 3. The van der Waals surface area contributed by atoms with Crippen LogP contribution in [0.2, 0.25) is 0 Å². The lowest BCUT2D eigenvalue weighted by Gasteiger charge is -2.34. The van der Waals surface area contributed by atoms with Gasteiger partial charge in [-0.2, -0.15) is 4.98 Å². The van der Waals surface area contributed by atoms with Gasteiger partial charge in [-0.3, -0.25) is 0 Å². The van der Waals surface area contributed by atoms with Crippen LogP contribution in [0.3, 0.4) is 0 Å². The molecule has 1 aliphatic rings. The Bertz CT molecular complexity index is 444. The third-order valence-corrected chi connectivity index (χ3v) is 3.61. The average molecular weight is 292 g/mol. The van der Waals surface area contributed by atoms with E-state index in [1.807, 2.05) is 26.8 Å². The fourth-order valence-electron chi connectivity index (χ4n) is 2.74. The van der Waals surface area contributed by atoms with E-state index >= 15 is 0 Å². The summed E-state index contributed by atoms with van der Waals surface area (Å²) in [5, 5.41) is 3.48. The molecule has 1 atom stereocenters. The van der Waals surface area contributed by atoms with Gasteiger partial charge in [0.1, 0.15) is 0 Å². The molecule has 2 rings (SSSR count). The molecule has 2 heterocycles. The lowest BCUT2D eigenvalue weighted by Crippen LogP contribution is -2.47. The number of hydrogen-bond donors (Lipinski definition) is 1. The van der Waals surface area contributed by atoms with Crippen molar-refractivity contribution in [1.82, 2.24) is 15.3 Å². The summed E-state index contributed by atoms with van der Waals surface area (Å²) in [4.78, 5) is 11.6. The molecule has 1 saturated heterocycles. The highest BCUT2D eigenvalue weighted by atomic mass is 16.5. The summed E-state index contributed by atoms with van der Waals surface area (Å²) in [7, 11) is 0. The van der Waals surface area contributed by atoms with Gasteiger partial charge in [0.05, 0.1) is 6.10 Å². The standard InChI is InChI=1S/C16H28N4O/c1-5-9-20(14-7-6-8-17-11-14)16-18-13(4)10-15(19-16)21-12(2)3/h10,12,14,17H,5-9,11H2,1-4H3. The van der Waals surface area contributed by atoms with E-state index in [-0.39, 0.29) is 6.10 Å². The summed E-state index contributed by atoms with van der Waals surface area (Å²) in [6.45, 7) is 11.4. The highest BCUT2D eigenvalue weighted by molar-refractivity contribution is 5.36. The molecule has 1 aromatic heterocycles. The average Bonchev–Trinajstić information content (AvgIpc) is 2.44. The fourth-order valence-corrected chi connectivity index (χ4v) is 2.74. The minimum absolute atomic E-state index is 0.128. The van der Waals surface area contributed by atoms with E-state index in [2.05, 4.69) is 27.1 Å². The highest BCUT2D eigenvalue weighted by Crippen LogP contribution is 2.21. The van der Waals surface area contributed by atoms with Crippen LogP contribution in [0.15, 0.2) is 6.07 Å². The Kier molecular flexibility index (Phi) is 5.79. The van der Waals surface area contributed by atoms with Crippen molar-refractivity contribution >= 4 is 5.95 Å². The second kappa shape index (κ2) is 7.59. The van der Waals surface area contributed by atoms with Gasteiger partial charge in [-0.25, -0.2) is 4.98 Å². The van der Waals surface area contributed by atoms with Crippen molar-refractivity contribution in [3.63, 3.8) is 0 Å². The minimum atomic E-state index is 0.128. The van der Waals surface area contributed by atoms with Gasteiger partial charge in [-0.1, -0.05) is 6.92 Å². The molecule has 21 heavy (non-hydrogen) atoms. The number of rotatable bonds is 6. The number of nitrogens with one attached hydrogen (secondary N) is 1. The van der Waals surface area contributed by atoms with E-state index in [1.54, 1.807) is 0 Å². The molecule has 0 aliphatic carbocycles. The van der Waals surface area contributed by atoms with Gasteiger partial charge in [0, 0.05) is 30.9 Å². The molecule has 0 spiro atoms. The van der Waals surface area contributed by atoms with Crippen LogP contribution in [-0.2, 0) is 0 Å². The van der Waals surface area contributed by atoms with E-state index in [4.69, 9.17) is 4.74 Å². The Labute approximate surface area is 128 Å². The van der Waals surface area contributed by atoms with Crippen LogP contribution in [0.4, 0.5) is 5.95 Å². The summed E-state index contributed by atoms with van der Waals surface area (Å²) >= 11 is 0. The van der Waals surface area contributed by atoms with E-state index in [0.717, 1.165) is 37.7 Å². The fraction of sp³-hybridized carbons (Fsp3) is 0.750. The first-order chi connectivity index (χ1) is 10.1. The number of aromatic nitrogens is 2. The maximum atomic E-state index is 5.76. The molecule has 1 aliphatic heterocycles. The topological polar surface area (TPSA) is 50.3 Å². The second-order valence-electron chi connectivity index (χ2n) is 6.01. The van der Waals surface area contributed by atoms with Gasteiger partial charge in [-0.15, -0.1) is 0 Å². The van der Waals surface area contributed by atoms with Crippen LogP contribution in [0, 0.1) is 6.92 Å². The molecule has 1 unspecified atom stereocenters. The van der Waals surface area contributed by atoms with E-state index in [1.165, 1.54) is 12.8 Å². The van der Waals surface area contributed by atoms with Crippen molar-refractivity contribution in [3.8, 4) is 5.88 Å². The number of piperidine rings is 1. The normalized spacial score (nSPS) is 18.8. The van der Waals surface area contributed by atoms with Crippen molar-refractivity contribution in [2.75, 3.05) is 24.5 Å². The number of anilines is 1. The van der Waals surface area contributed by atoms with Crippen LogP contribution in [-0.4, -0.2) is 41.7 Å². The largest absolute Gasteiger partial charge is 0.475 e. The summed E-state index contributed by atoms with van der Waals surface area (Å²) in [6.07, 6.45) is 3.63. The molecule has 0 aromatic carbocycles. The van der Waals surface area contributed by atoms with Crippen LogP contribution >= 0.6 is 0 Å². The van der Waals surface area contributed by atoms with Crippen LogP contribution < -0.4 is 15.0 Å².